The number of rotatable bonds is 3. The minimum atomic E-state index is 0.640. The van der Waals surface area contributed by atoms with Gasteiger partial charge in [0.05, 0.1) is 0 Å². The number of nitrogens with two attached hydrogens (primary N) is 2. The van der Waals surface area contributed by atoms with E-state index in [0.717, 1.165) is 13.0 Å². The van der Waals surface area contributed by atoms with E-state index >= 15 is 0 Å². The molecule has 10 heavy (non-hydrogen) atoms. The van der Waals surface area contributed by atoms with Gasteiger partial charge in [-0.2, -0.15) is 0 Å². The van der Waals surface area contributed by atoms with Gasteiger partial charge in [0, 0.05) is 11.4 Å². The first-order valence-corrected chi connectivity index (χ1v) is 4.21. The van der Waals surface area contributed by atoms with Crippen LogP contribution in [0.15, 0.2) is 11.4 Å². The molecular formula is C7H12N2S. The topological polar surface area (TPSA) is 52.0 Å². The fourth-order valence-corrected chi connectivity index (χ4v) is 1.73. The Labute approximate surface area is 64.8 Å². The Balaban J connectivity index is 2.59. The second kappa shape index (κ2) is 3.71. The summed E-state index contributed by atoms with van der Waals surface area (Å²) in [6, 6.07) is 2.12. The lowest BCUT2D eigenvalue weighted by Crippen LogP contribution is -2.01. The maximum atomic E-state index is 5.43. The molecule has 0 bridgehead atoms. The molecule has 56 valence electrons. The van der Waals surface area contributed by atoms with Gasteiger partial charge < -0.3 is 11.5 Å². The molecule has 0 spiro atoms. The molecule has 3 heteroatoms. The zero-order valence-electron chi connectivity index (χ0n) is 5.84. The van der Waals surface area contributed by atoms with E-state index in [9.17, 15) is 0 Å². The summed E-state index contributed by atoms with van der Waals surface area (Å²) in [5.74, 6) is 0. The van der Waals surface area contributed by atoms with Crippen molar-refractivity contribution < 1.29 is 0 Å². The average Bonchev–Trinajstić information content (AvgIpc) is 2.37. The lowest BCUT2D eigenvalue weighted by Gasteiger charge is -1.88. The van der Waals surface area contributed by atoms with Crippen molar-refractivity contribution in [3.8, 4) is 0 Å². The maximum absolute atomic E-state index is 5.43. The second-order valence-electron chi connectivity index (χ2n) is 2.16. The quantitative estimate of drug-likeness (QED) is 0.677. The van der Waals surface area contributed by atoms with Crippen LogP contribution < -0.4 is 11.5 Å². The lowest BCUT2D eigenvalue weighted by molar-refractivity contribution is 0.983. The fraction of sp³-hybridized carbons (Fsp3) is 0.429. The Morgan fingerprint density at radius 1 is 1.40 bits per heavy atom. The molecule has 1 heterocycles. The van der Waals surface area contributed by atoms with Gasteiger partial charge in [-0.25, -0.2) is 0 Å². The largest absolute Gasteiger partial charge is 0.330 e. The van der Waals surface area contributed by atoms with Gasteiger partial charge in [0.1, 0.15) is 0 Å². The summed E-state index contributed by atoms with van der Waals surface area (Å²) in [6.07, 6.45) is 0.977. The summed E-state index contributed by atoms with van der Waals surface area (Å²) in [6.45, 7) is 1.37. The smallest absolute Gasteiger partial charge is 0.0186 e. The molecule has 0 atom stereocenters. The van der Waals surface area contributed by atoms with Crippen LogP contribution in [0.4, 0.5) is 0 Å². The molecule has 0 aliphatic carbocycles. The Hall–Kier alpha value is -0.380. The summed E-state index contributed by atoms with van der Waals surface area (Å²) in [5.41, 5.74) is 12.0. The maximum Gasteiger partial charge on any atom is 0.0186 e. The van der Waals surface area contributed by atoms with Crippen LogP contribution in [0.5, 0.6) is 0 Å². The van der Waals surface area contributed by atoms with Crippen LogP contribution in [0.1, 0.15) is 10.4 Å². The van der Waals surface area contributed by atoms with E-state index in [-0.39, 0.29) is 0 Å². The third-order valence-corrected chi connectivity index (χ3v) is 2.38. The normalized spacial score (nSPS) is 10.2. The molecule has 0 saturated carbocycles. The van der Waals surface area contributed by atoms with Gasteiger partial charge in [0.15, 0.2) is 0 Å². The highest BCUT2D eigenvalue weighted by Crippen LogP contribution is 2.13. The molecule has 1 rings (SSSR count). The summed E-state index contributed by atoms with van der Waals surface area (Å²) in [5, 5.41) is 2.09. The van der Waals surface area contributed by atoms with Crippen LogP contribution in [0.3, 0.4) is 0 Å². The van der Waals surface area contributed by atoms with Crippen molar-refractivity contribution in [2.75, 3.05) is 6.54 Å². The molecule has 0 fully saturated rings. The standard InChI is InChI=1S/C7H12N2S/c8-2-1-7-3-6(4-9)5-10-7/h3,5H,1-2,4,8-9H2. The average molecular weight is 156 g/mol. The van der Waals surface area contributed by atoms with Gasteiger partial charge in [0.2, 0.25) is 0 Å². The van der Waals surface area contributed by atoms with Gasteiger partial charge in [0.25, 0.3) is 0 Å². The van der Waals surface area contributed by atoms with Crippen LogP contribution in [0, 0.1) is 0 Å². The van der Waals surface area contributed by atoms with Crippen LogP contribution >= 0.6 is 11.3 Å². The van der Waals surface area contributed by atoms with Gasteiger partial charge in [-0.05, 0) is 30.0 Å². The van der Waals surface area contributed by atoms with Crippen LogP contribution in [0.25, 0.3) is 0 Å². The predicted molar refractivity (Wildman–Crippen MR) is 45.0 cm³/mol. The molecule has 0 aliphatic heterocycles. The number of thiophene rings is 1. The van der Waals surface area contributed by atoms with Gasteiger partial charge >= 0.3 is 0 Å². The van der Waals surface area contributed by atoms with E-state index in [1.807, 2.05) is 0 Å². The van der Waals surface area contributed by atoms with Crippen molar-refractivity contribution in [3.05, 3.63) is 21.9 Å². The Morgan fingerprint density at radius 3 is 2.70 bits per heavy atom. The third kappa shape index (κ3) is 1.80. The zero-order chi connectivity index (χ0) is 7.40. The van der Waals surface area contributed by atoms with Crippen LogP contribution in [-0.2, 0) is 13.0 Å². The zero-order valence-corrected chi connectivity index (χ0v) is 6.66. The Bertz CT molecular complexity index is 195. The third-order valence-electron chi connectivity index (χ3n) is 1.33. The van der Waals surface area contributed by atoms with Crippen molar-refractivity contribution in [2.24, 2.45) is 11.5 Å². The Morgan fingerprint density at radius 2 is 2.20 bits per heavy atom. The second-order valence-corrected chi connectivity index (χ2v) is 3.16. The Kier molecular flexibility index (Phi) is 2.86. The van der Waals surface area contributed by atoms with E-state index in [0.29, 0.717) is 6.54 Å². The van der Waals surface area contributed by atoms with E-state index < -0.39 is 0 Å². The van der Waals surface area contributed by atoms with Crippen molar-refractivity contribution >= 4 is 11.3 Å². The van der Waals surface area contributed by atoms with Crippen LogP contribution in [-0.4, -0.2) is 6.54 Å². The van der Waals surface area contributed by atoms with Crippen molar-refractivity contribution in [2.45, 2.75) is 13.0 Å². The summed E-state index contributed by atoms with van der Waals surface area (Å²) in [7, 11) is 0. The van der Waals surface area contributed by atoms with Gasteiger partial charge in [-0.15, -0.1) is 11.3 Å². The van der Waals surface area contributed by atoms with Crippen molar-refractivity contribution in [1.29, 1.82) is 0 Å². The van der Waals surface area contributed by atoms with E-state index in [1.165, 1.54) is 10.4 Å². The molecule has 0 aromatic carbocycles. The van der Waals surface area contributed by atoms with E-state index in [2.05, 4.69) is 11.4 Å². The first-order valence-electron chi connectivity index (χ1n) is 3.33. The highest BCUT2D eigenvalue weighted by molar-refractivity contribution is 7.10. The molecule has 2 nitrogen and oxygen atoms in total. The molecule has 1 aromatic rings. The molecule has 0 amide bonds. The molecule has 0 aliphatic rings. The van der Waals surface area contributed by atoms with Gasteiger partial charge in [-0.3, -0.25) is 0 Å². The monoisotopic (exact) mass is 156 g/mol. The minimum absolute atomic E-state index is 0.640. The highest BCUT2D eigenvalue weighted by Gasteiger charge is 1.95. The molecule has 0 radical (unpaired) electrons. The number of hydrogen-bond donors (Lipinski definition) is 2. The molecule has 0 saturated heterocycles. The number of hydrogen-bond acceptors (Lipinski definition) is 3. The minimum Gasteiger partial charge on any atom is -0.330 e. The predicted octanol–water partition coefficient (Wildman–Crippen LogP) is 0.708. The first kappa shape index (κ1) is 7.72. The van der Waals surface area contributed by atoms with Crippen molar-refractivity contribution in [1.82, 2.24) is 0 Å². The molecular weight excluding hydrogens is 144 g/mol. The highest BCUT2D eigenvalue weighted by atomic mass is 32.1. The lowest BCUT2D eigenvalue weighted by atomic mass is 10.3. The van der Waals surface area contributed by atoms with Crippen molar-refractivity contribution in [3.63, 3.8) is 0 Å². The summed E-state index contributed by atoms with van der Waals surface area (Å²) >= 11 is 1.74. The van der Waals surface area contributed by atoms with E-state index in [4.69, 9.17) is 11.5 Å². The molecule has 4 N–H and O–H groups in total. The van der Waals surface area contributed by atoms with Gasteiger partial charge in [-0.1, -0.05) is 0 Å². The summed E-state index contributed by atoms with van der Waals surface area (Å²) in [4.78, 5) is 1.34. The molecule has 1 aromatic heterocycles. The van der Waals surface area contributed by atoms with Crippen LogP contribution in [0.2, 0.25) is 0 Å². The van der Waals surface area contributed by atoms with E-state index in [1.54, 1.807) is 11.3 Å². The first-order chi connectivity index (χ1) is 4.86. The summed E-state index contributed by atoms with van der Waals surface area (Å²) < 4.78 is 0. The molecule has 0 unspecified atom stereocenters. The fourth-order valence-electron chi connectivity index (χ4n) is 0.807. The SMILES string of the molecule is NCCc1cc(CN)cs1.